The number of amides is 1. The molecule has 0 radical (unpaired) electrons. The minimum Gasteiger partial charge on any atom is -0.493 e. The molecule has 2 aromatic carbocycles. The summed E-state index contributed by atoms with van der Waals surface area (Å²) in [5, 5.41) is 2.80. The number of morpholine rings is 1. The van der Waals surface area contributed by atoms with E-state index in [-0.39, 0.29) is 11.7 Å². The first-order chi connectivity index (χ1) is 17.2. The molecular weight excluding hydrogens is 469 g/mol. The topological polar surface area (TPSA) is 73.8 Å². The summed E-state index contributed by atoms with van der Waals surface area (Å²) in [7, 11) is 0. The summed E-state index contributed by atoms with van der Waals surface area (Å²) >= 11 is 1.49. The van der Waals surface area contributed by atoms with Gasteiger partial charge in [0.2, 0.25) is 5.88 Å². The van der Waals surface area contributed by atoms with Gasteiger partial charge in [-0.15, -0.1) is 11.3 Å². The first-order valence-corrected chi connectivity index (χ1v) is 12.3. The second kappa shape index (κ2) is 10.8. The first kappa shape index (κ1) is 23.2. The number of hydrogen-bond acceptors (Lipinski definition) is 7. The highest BCUT2D eigenvalue weighted by atomic mass is 32.1. The third-order valence-electron chi connectivity index (χ3n) is 5.67. The van der Waals surface area contributed by atoms with E-state index in [0.717, 1.165) is 21.3 Å². The van der Waals surface area contributed by atoms with Crippen LogP contribution in [-0.4, -0.2) is 60.3 Å². The number of halogens is 1. The fourth-order valence-corrected chi connectivity index (χ4v) is 4.79. The van der Waals surface area contributed by atoms with Gasteiger partial charge in [0.25, 0.3) is 5.91 Å². The van der Waals surface area contributed by atoms with Crippen molar-refractivity contribution in [3.05, 3.63) is 71.6 Å². The molecule has 0 atom stereocenters. The summed E-state index contributed by atoms with van der Waals surface area (Å²) in [4.78, 5) is 23.9. The number of ether oxygens (including phenoxy) is 3. The Bertz CT molecular complexity index is 1310. The molecule has 1 amide bonds. The SMILES string of the molecule is O=C(c1cccc(OCCCOc2ncnc3scc(-c4ccc(F)cc4)c23)c1)N1CCOCC1. The Balaban J connectivity index is 1.18. The lowest BCUT2D eigenvalue weighted by Crippen LogP contribution is -2.40. The zero-order valence-electron chi connectivity index (χ0n) is 19.0. The number of carbonyl (C=O) groups excluding carboxylic acids is 1. The van der Waals surface area contributed by atoms with Crippen LogP contribution < -0.4 is 9.47 Å². The molecule has 3 heterocycles. The van der Waals surface area contributed by atoms with Gasteiger partial charge >= 0.3 is 0 Å². The highest BCUT2D eigenvalue weighted by Gasteiger charge is 2.19. The number of fused-ring (bicyclic) bond motifs is 1. The predicted molar refractivity (Wildman–Crippen MR) is 132 cm³/mol. The van der Waals surface area contributed by atoms with Crippen LogP contribution in [0.4, 0.5) is 4.39 Å². The van der Waals surface area contributed by atoms with Gasteiger partial charge in [-0.2, -0.15) is 0 Å². The van der Waals surface area contributed by atoms with Gasteiger partial charge in [0.1, 0.15) is 22.7 Å². The molecule has 0 bridgehead atoms. The summed E-state index contributed by atoms with van der Waals surface area (Å²) in [6.07, 6.45) is 2.11. The van der Waals surface area contributed by atoms with Gasteiger partial charge in [-0.3, -0.25) is 4.79 Å². The van der Waals surface area contributed by atoms with Gasteiger partial charge in [0.05, 0.1) is 31.8 Å². The maximum atomic E-state index is 13.3. The Morgan fingerprint density at radius 1 is 1.06 bits per heavy atom. The molecule has 180 valence electrons. The van der Waals surface area contributed by atoms with Crippen LogP contribution >= 0.6 is 11.3 Å². The second-order valence-corrected chi connectivity index (χ2v) is 8.86. The smallest absolute Gasteiger partial charge is 0.254 e. The Hall–Kier alpha value is -3.56. The van der Waals surface area contributed by atoms with E-state index in [9.17, 15) is 9.18 Å². The lowest BCUT2D eigenvalue weighted by atomic mass is 10.1. The van der Waals surface area contributed by atoms with E-state index in [1.165, 1.54) is 29.8 Å². The van der Waals surface area contributed by atoms with Crippen molar-refractivity contribution in [2.24, 2.45) is 0 Å². The Morgan fingerprint density at radius 3 is 2.69 bits per heavy atom. The van der Waals surface area contributed by atoms with Crippen molar-refractivity contribution in [1.82, 2.24) is 14.9 Å². The van der Waals surface area contributed by atoms with E-state index in [2.05, 4.69) is 9.97 Å². The summed E-state index contributed by atoms with van der Waals surface area (Å²) in [6, 6.07) is 13.6. The first-order valence-electron chi connectivity index (χ1n) is 11.4. The zero-order chi connectivity index (χ0) is 24.0. The zero-order valence-corrected chi connectivity index (χ0v) is 19.8. The van der Waals surface area contributed by atoms with Crippen LogP contribution in [0.2, 0.25) is 0 Å². The van der Waals surface area contributed by atoms with Gasteiger partial charge in [-0.05, 0) is 35.9 Å². The number of rotatable bonds is 8. The summed E-state index contributed by atoms with van der Waals surface area (Å²) in [6.45, 7) is 3.17. The molecule has 9 heteroatoms. The van der Waals surface area contributed by atoms with Gasteiger partial charge in [-0.25, -0.2) is 14.4 Å². The van der Waals surface area contributed by atoms with E-state index in [4.69, 9.17) is 14.2 Å². The van der Waals surface area contributed by atoms with Crippen molar-refractivity contribution in [2.75, 3.05) is 39.5 Å². The quantitative estimate of drug-likeness (QED) is 0.328. The highest BCUT2D eigenvalue weighted by Crippen LogP contribution is 2.37. The third kappa shape index (κ3) is 5.41. The Kier molecular flexibility index (Phi) is 7.15. The van der Waals surface area contributed by atoms with Crippen LogP contribution in [0.3, 0.4) is 0 Å². The number of hydrogen-bond donors (Lipinski definition) is 0. The Morgan fingerprint density at radius 2 is 1.86 bits per heavy atom. The van der Waals surface area contributed by atoms with Crippen LogP contribution in [0.1, 0.15) is 16.8 Å². The molecule has 0 unspecified atom stereocenters. The number of nitrogens with zero attached hydrogens (tertiary/aromatic N) is 3. The second-order valence-electron chi connectivity index (χ2n) is 8.00. The van der Waals surface area contributed by atoms with E-state index < -0.39 is 0 Å². The van der Waals surface area contributed by atoms with Crippen molar-refractivity contribution in [3.63, 3.8) is 0 Å². The van der Waals surface area contributed by atoms with Gasteiger partial charge in [0, 0.05) is 36.0 Å². The highest BCUT2D eigenvalue weighted by molar-refractivity contribution is 7.17. The van der Waals surface area contributed by atoms with Gasteiger partial charge in [-0.1, -0.05) is 18.2 Å². The van der Waals surface area contributed by atoms with Crippen molar-refractivity contribution in [1.29, 1.82) is 0 Å². The van der Waals surface area contributed by atoms with Crippen LogP contribution in [0.5, 0.6) is 11.6 Å². The average Bonchev–Trinajstić information content (AvgIpc) is 3.34. The maximum absolute atomic E-state index is 13.3. The van der Waals surface area contributed by atoms with Crippen LogP contribution in [-0.2, 0) is 4.74 Å². The summed E-state index contributed by atoms with van der Waals surface area (Å²) in [5.41, 5.74) is 2.40. The Labute approximate surface area is 206 Å². The van der Waals surface area contributed by atoms with Crippen molar-refractivity contribution >= 4 is 27.5 Å². The lowest BCUT2D eigenvalue weighted by Gasteiger charge is -2.27. The van der Waals surface area contributed by atoms with Crippen LogP contribution in [0.15, 0.2) is 60.2 Å². The number of aromatic nitrogens is 2. The van der Waals surface area contributed by atoms with Crippen molar-refractivity contribution < 1.29 is 23.4 Å². The van der Waals surface area contributed by atoms with E-state index in [1.807, 2.05) is 17.5 Å². The summed E-state index contributed by atoms with van der Waals surface area (Å²) in [5.74, 6) is 0.846. The fourth-order valence-electron chi connectivity index (χ4n) is 3.88. The molecule has 1 fully saturated rings. The fraction of sp³-hybridized carbons (Fsp3) is 0.269. The maximum Gasteiger partial charge on any atom is 0.254 e. The predicted octanol–water partition coefficient (Wildman–Crippen LogP) is 4.82. The lowest BCUT2D eigenvalue weighted by molar-refractivity contribution is 0.0302. The molecule has 1 saturated heterocycles. The standard InChI is InChI=1S/C26H24FN3O4S/c27-20-7-5-18(6-8-20)22-16-35-25-23(22)24(28-17-29-25)34-12-2-11-33-21-4-1-3-19(15-21)26(31)30-9-13-32-14-10-30/h1,3-8,15-17H,2,9-14H2. The molecule has 2 aromatic heterocycles. The van der Waals surface area contributed by atoms with E-state index in [0.29, 0.717) is 63.1 Å². The van der Waals surface area contributed by atoms with E-state index in [1.54, 1.807) is 29.2 Å². The molecule has 0 N–H and O–H groups in total. The largest absolute Gasteiger partial charge is 0.493 e. The minimum atomic E-state index is -0.281. The average molecular weight is 494 g/mol. The molecule has 1 aliphatic rings. The molecule has 0 spiro atoms. The van der Waals surface area contributed by atoms with Crippen molar-refractivity contribution in [3.8, 4) is 22.8 Å². The number of benzene rings is 2. The molecule has 1 aliphatic heterocycles. The third-order valence-corrected chi connectivity index (χ3v) is 6.55. The molecule has 0 aliphatic carbocycles. The summed E-state index contributed by atoms with van der Waals surface area (Å²) < 4.78 is 30.5. The van der Waals surface area contributed by atoms with Crippen LogP contribution in [0, 0.1) is 5.82 Å². The molecular formula is C26H24FN3O4S. The molecule has 35 heavy (non-hydrogen) atoms. The molecule has 4 aromatic rings. The normalized spacial score (nSPS) is 13.7. The monoisotopic (exact) mass is 493 g/mol. The molecule has 0 saturated carbocycles. The molecule has 5 rings (SSSR count). The molecule has 7 nitrogen and oxygen atoms in total. The van der Waals surface area contributed by atoms with Gasteiger partial charge < -0.3 is 19.1 Å². The van der Waals surface area contributed by atoms with Gasteiger partial charge in [0.15, 0.2) is 0 Å². The van der Waals surface area contributed by atoms with Crippen LogP contribution in [0.25, 0.3) is 21.3 Å². The number of thiophene rings is 1. The number of carbonyl (C=O) groups is 1. The van der Waals surface area contributed by atoms with Crippen molar-refractivity contribution in [2.45, 2.75) is 6.42 Å². The minimum absolute atomic E-state index is 0.0115. The van der Waals surface area contributed by atoms with E-state index >= 15 is 0 Å².